The molecule has 0 saturated carbocycles. The van der Waals surface area contributed by atoms with Gasteiger partial charge in [-0.2, -0.15) is 0 Å². The molecule has 2 amide bonds. The number of nitrogens with zero attached hydrogens (tertiary/aromatic N) is 1. The number of fused-ring (bicyclic) bond motifs is 1. The van der Waals surface area contributed by atoms with Gasteiger partial charge in [-0.15, -0.1) is 0 Å². The van der Waals surface area contributed by atoms with Crippen LogP contribution in [0, 0.1) is 6.92 Å². The first-order chi connectivity index (χ1) is 12.5. The van der Waals surface area contributed by atoms with Crippen molar-refractivity contribution in [1.29, 1.82) is 0 Å². The van der Waals surface area contributed by atoms with Gasteiger partial charge in [0.15, 0.2) is 6.10 Å². The molecule has 0 aliphatic carbocycles. The zero-order chi connectivity index (χ0) is 18.7. The van der Waals surface area contributed by atoms with Gasteiger partial charge in [-0.3, -0.25) is 9.59 Å². The Morgan fingerprint density at radius 1 is 1.27 bits per heavy atom. The number of aryl methyl sites for hydroxylation is 1. The highest BCUT2D eigenvalue weighted by Crippen LogP contribution is 2.33. The maximum atomic E-state index is 12.5. The number of para-hydroxylation sites is 2. The highest BCUT2D eigenvalue weighted by Gasteiger charge is 2.30. The van der Waals surface area contributed by atoms with Crippen LogP contribution in [0.15, 0.2) is 42.5 Å². The van der Waals surface area contributed by atoms with Crippen LogP contribution in [0.5, 0.6) is 5.75 Å². The van der Waals surface area contributed by atoms with E-state index < -0.39 is 6.10 Å². The molecule has 0 radical (unpaired) electrons. The molecular weight excluding hydrogens is 354 g/mol. The van der Waals surface area contributed by atoms with Crippen molar-refractivity contribution < 1.29 is 14.3 Å². The monoisotopic (exact) mass is 373 g/mol. The van der Waals surface area contributed by atoms with E-state index in [1.165, 1.54) is 0 Å². The lowest BCUT2D eigenvalue weighted by molar-refractivity contribution is -0.127. The van der Waals surface area contributed by atoms with Gasteiger partial charge in [0.25, 0.3) is 5.91 Å². The fourth-order valence-electron chi connectivity index (χ4n) is 2.80. The maximum absolute atomic E-state index is 12.5. The number of benzene rings is 2. The number of anilines is 2. The van der Waals surface area contributed by atoms with E-state index in [1.54, 1.807) is 25.2 Å². The molecule has 2 aromatic carbocycles. The largest absolute Gasteiger partial charge is 0.477 e. The standard InChI is InChI=1S/C19H20ClN3O3/c1-12-7-8-13(9-14(12)20)22-18(24)11-23-10-17(19(25)21-2)26-16-6-4-3-5-15(16)23/h3-9,17H,10-11H2,1-2H3,(H,21,25)(H,22,24). The summed E-state index contributed by atoms with van der Waals surface area (Å²) in [5.41, 5.74) is 2.36. The third-order valence-electron chi connectivity index (χ3n) is 4.19. The number of likely N-dealkylation sites (N-methyl/N-ethyl adjacent to an activating group) is 1. The summed E-state index contributed by atoms with van der Waals surface area (Å²) >= 11 is 6.10. The SMILES string of the molecule is CNC(=O)C1CN(CC(=O)Nc2ccc(C)c(Cl)c2)c2ccccc2O1. The van der Waals surface area contributed by atoms with Crippen LogP contribution in [0.3, 0.4) is 0 Å². The minimum absolute atomic E-state index is 0.0966. The van der Waals surface area contributed by atoms with Crippen LogP contribution in [0.1, 0.15) is 5.56 Å². The van der Waals surface area contributed by atoms with E-state index in [-0.39, 0.29) is 18.4 Å². The molecule has 2 N–H and O–H groups in total. The fraction of sp³-hybridized carbons (Fsp3) is 0.263. The normalized spacial score (nSPS) is 15.7. The number of rotatable bonds is 4. The molecule has 0 spiro atoms. The van der Waals surface area contributed by atoms with Crippen molar-refractivity contribution in [1.82, 2.24) is 5.32 Å². The fourth-order valence-corrected chi connectivity index (χ4v) is 2.98. The Bertz CT molecular complexity index is 841. The minimum Gasteiger partial charge on any atom is -0.477 e. The first-order valence-electron chi connectivity index (χ1n) is 8.26. The van der Waals surface area contributed by atoms with Gasteiger partial charge in [0.05, 0.1) is 18.8 Å². The summed E-state index contributed by atoms with van der Waals surface area (Å²) in [6, 6.07) is 12.7. The Morgan fingerprint density at radius 3 is 2.77 bits per heavy atom. The van der Waals surface area contributed by atoms with E-state index in [2.05, 4.69) is 10.6 Å². The van der Waals surface area contributed by atoms with Gasteiger partial charge in [-0.05, 0) is 36.8 Å². The van der Waals surface area contributed by atoms with Gasteiger partial charge in [0.2, 0.25) is 5.91 Å². The Labute approximate surface area is 157 Å². The molecule has 3 rings (SSSR count). The topological polar surface area (TPSA) is 70.7 Å². The van der Waals surface area contributed by atoms with Gasteiger partial charge in [-0.25, -0.2) is 0 Å². The Hall–Kier alpha value is -2.73. The molecule has 0 aromatic heterocycles. The number of carbonyl (C=O) groups excluding carboxylic acids is 2. The second kappa shape index (κ2) is 7.66. The van der Waals surface area contributed by atoms with E-state index in [0.717, 1.165) is 11.3 Å². The highest BCUT2D eigenvalue weighted by atomic mass is 35.5. The molecule has 7 heteroatoms. The lowest BCUT2D eigenvalue weighted by Gasteiger charge is -2.35. The summed E-state index contributed by atoms with van der Waals surface area (Å²) in [7, 11) is 1.56. The molecule has 1 unspecified atom stereocenters. The number of carbonyl (C=O) groups is 2. The first kappa shape index (κ1) is 18.1. The molecule has 0 bridgehead atoms. The van der Waals surface area contributed by atoms with E-state index >= 15 is 0 Å². The molecule has 2 aromatic rings. The predicted molar refractivity (Wildman–Crippen MR) is 102 cm³/mol. The second-order valence-corrected chi connectivity index (χ2v) is 6.49. The summed E-state index contributed by atoms with van der Waals surface area (Å²) in [4.78, 5) is 26.3. The number of hydrogen-bond acceptors (Lipinski definition) is 4. The van der Waals surface area contributed by atoms with Crippen molar-refractivity contribution in [2.75, 3.05) is 30.4 Å². The van der Waals surface area contributed by atoms with E-state index in [4.69, 9.17) is 16.3 Å². The number of hydrogen-bond donors (Lipinski definition) is 2. The van der Waals surface area contributed by atoms with Gasteiger partial charge < -0.3 is 20.3 Å². The van der Waals surface area contributed by atoms with Gasteiger partial charge >= 0.3 is 0 Å². The molecule has 1 heterocycles. The van der Waals surface area contributed by atoms with Crippen LogP contribution in [0.25, 0.3) is 0 Å². The van der Waals surface area contributed by atoms with Crippen molar-refractivity contribution in [2.45, 2.75) is 13.0 Å². The summed E-state index contributed by atoms with van der Waals surface area (Å²) in [6.07, 6.45) is -0.670. The molecule has 1 atom stereocenters. The summed E-state index contributed by atoms with van der Waals surface area (Å²) in [5, 5.41) is 6.02. The highest BCUT2D eigenvalue weighted by molar-refractivity contribution is 6.31. The molecule has 0 fully saturated rings. The molecule has 0 saturated heterocycles. The summed E-state index contributed by atoms with van der Waals surface area (Å²) < 4.78 is 5.74. The molecule has 6 nitrogen and oxygen atoms in total. The lowest BCUT2D eigenvalue weighted by Crippen LogP contribution is -2.50. The van der Waals surface area contributed by atoms with Crippen LogP contribution in [0.4, 0.5) is 11.4 Å². The van der Waals surface area contributed by atoms with Crippen LogP contribution >= 0.6 is 11.6 Å². The van der Waals surface area contributed by atoms with E-state index in [0.29, 0.717) is 23.0 Å². The molecule has 1 aliphatic heterocycles. The Morgan fingerprint density at radius 2 is 2.04 bits per heavy atom. The third kappa shape index (κ3) is 3.91. The number of amides is 2. The maximum Gasteiger partial charge on any atom is 0.262 e. The molecule has 26 heavy (non-hydrogen) atoms. The third-order valence-corrected chi connectivity index (χ3v) is 4.60. The van der Waals surface area contributed by atoms with Crippen LogP contribution in [-0.2, 0) is 9.59 Å². The van der Waals surface area contributed by atoms with Gasteiger partial charge in [-0.1, -0.05) is 29.8 Å². The van der Waals surface area contributed by atoms with Crippen LogP contribution < -0.4 is 20.3 Å². The minimum atomic E-state index is -0.670. The average Bonchev–Trinajstić information content (AvgIpc) is 2.64. The van der Waals surface area contributed by atoms with Crippen molar-refractivity contribution in [3.8, 4) is 5.75 Å². The Balaban J connectivity index is 1.75. The van der Waals surface area contributed by atoms with Crippen molar-refractivity contribution in [3.63, 3.8) is 0 Å². The number of halogens is 1. The lowest BCUT2D eigenvalue weighted by atomic mass is 10.1. The molecular formula is C19H20ClN3O3. The molecule has 136 valence electrons. The first-order valence-corrected chi connectivity index (χ1v) is 8.64. The van der Waals surface area contributed by atoms with Crippen LogP contribution in [0.2, 0.25) is 5.02 Å². The predicted octanol–water partition coefficient (Wildman–Crippen LogP) is 2.60. The zero-order valence-corrected chi connectivity index (χ0v) is 15.3. The smallest absolute Gasteiger partial charge is 0.262 e. The zero-order valence-electron chi connectivity index (χ0n) is 14.6. The summed E-state index contributed by atoms with van der Waals surface area (Å²) in [6.45, 7) is 2.29. The number of nitrogens with one attached hydrogen (secondary N) is 2. The van der Waals surface area contributed by atoms with Gasteiger partial charge in [0.1, 0.15) is 5.75 Å². The van der Waals surface area contributed by atoms with Crippen LogP contribution in [-0.4, -0.2) is 38.1 Å². The van der Waals surface area contributed by atoms with Crippen molar-refractivity contribution in [3.05, 3.63) is 53.1 Å². The molecule has 1 aliphatic rings. The Kier molecular flexibility index (Phi) is 5.32. The quantitative estimate of drug-likeness (QED) is 0.864. The second-order valence-electron chi connectivity index (χ2n) is 6.08. The summed E-state index contributed by atoms with van der Waals surface area (Å²) in [5.74, 6) is 0.158. The van der Waals surface area contributed by atoms with Crippen molar-refractivity contribution in [2.24, 2.45) is 0 Å². The average molecular weight is 374 g/mol. The van der Waals surface area contributed by atoms with Gasteiger partial charge in [0, 0.05) is 17.8 Å². The van der Waals surface area contributed by atoms with Crippen molar-refractivity contribution >= 4 is 34.8 Å². The number of ether oxygens (including phenoxy) is 1. The van der Waals surface area contributed by atoms with E-state index in [9.17, 15) is 9.59 Å². The van der Waals surface area contributed by atoms with E-state index in [1.807, 2.05) is 36.1 Å².